The van der Waals surface area contributed by atoms with E-state index in [1.807, 2.05) is 30.0 Å². The third-order valence-electron chi connectivity index (χ3n) is 4.56. The number of carbonyl (C=O) groups excluding carboxylic acids is 1. The molecule has 0 bridgehead atoms. The predicted octanol–water partition coefficient (Wildman–Crippen LogP) is 4.56. The van der Waals surface area contributed by atoms with Gasteiger partial charge in [0.05, 0.1) is 5.25 Å². The molecule has 1 unspecified atom stereocenters. The summed E-state index contributed by atoms with van der Waals surface area (Å²) in [5, 5.41) is -0.116. The van der Waals surface area contributed by atoms with Crippen molar-refractivity contribution in [1.82, 2.24) is 4.90 Å². The van der Waals surface area contributed by atoms with Gasteiger partial charge in [0, 0.05) is 42.1 Å². The minimum atomic E-state index is -0.258. The molecule has 2 aromatic carbocycles. The highest BCUT2D eigenvalue weighted by Crippen LogP contribution is 2.26. The molecule has 1 fully saturated rings. The Hall–Kier alpha value is -1.53. The monoisotopic (exact) mass is 436 g/mol. The van der Waals surface area contributed by atoms with Crippen LogP contribution in [0, 0.1) is 5.82 Å². The molecule has 1 aliphatic heterocycles. The fourth-order valence-electron chi connectivity index (χ4n) is 3.01. The second kappa shape index (κ2) is 8.91. The molecule has 6 heteroatoms. The number of nitrogens with zero attached hydrogens (tertiary/aromatic N) is 2. The zero-order valence-electron chi connectivity index (χ0n) is 14.7. The van der Waals surface area contributed by atoms with Crippen molar-refractivity contribution in [2.75, 3.05) is 31.1 Å². The quantitative estimate of drug-likeness (QED) is 0.686. The summed E-state index contributed by atoms with van der Waals surface area (Å²) in [7, 11) is 0. The molecule has 1 amide bonds. The maximum absolute atomic E-state index is 13.2. The molecule has 3 rings (SSSR count). The zero-order valence-corrected chi connectivity index (χ0v) is 17.1. The summed E-state index contributed by atoms with van der Waals surface area (Å²) >= 11 is 4.98. The number of para-hydroxylation sites is 1. The van der Waals surface area contributed by atoms with E-state index < -0.39 is 0 Å². The van der Waals surface area contributed by atoms with Crippen molar-refractivity contribution in [1.29, 1.82) is 0 Å². The number of hydrogen-bond donors (Lipinski definition) is 0. The second-order valence-corrected chi connectivity index (χ2v) is 8.52. The van der Waals surface area contributed by atoms with Crippen molar-refractivity contribution in [3.63, 3.8) is 0 Å². The van der Waals surface area contributed by atoms with Gasteiger partial charge in [-0.05, 0) is 36.8 Å². The Balaban J connectivity index is 1.50. The van der Waals surface area contributed by atoms with Crippen LogP contribution in [0.15, 0.2) is 53.0 Å². The Morgan fingerprint density at radius 3 is 2.50 bits per heavy atom. The zero-order chi connectivity index (χ0) is 18.5. The van der Waals surface area contributed by atoms with Gasteiger partial charge in [0.15, 0.2) is 0 Å². The van der Waals surface area contributed by atoms with E-state index in [1.165, 1.54) is 17.8 Å². The minimum Gasteiger partial charge on any atom is -0.368 e. The highest BCUT2D eigenvalue weighted by Gasteiger charge is 2.25. The van der Waals surface area contributed by atoms with E-state index in [1.54, 1.807) is 17.8 Å². The molecule has 26 heavy (non-hydrogen) atoms. The third-order valence-corrected chi connectivity index (χ3v) is 6.48. The van der Waals surface area contributed by atoms with Crippen LogP contribution in [0.2, 0.25) is 0 Å². The van der Waals surface area contributed by atoms with E-state index in [2.05, 4.69) is 33.0 Å². The fraction of sp³-hybridized carbons (Fsp3) is 0.350. The molecule has 0 aliphatic carbocycles. The van der Waals surface area contributed by atoms with Crippen LogP contribution in [0.1, 0.15) is 12.5 Å². The van der Waals surface area contributed by atoms with E-state index >= 15 is 0 Å². The first kappa shape index (κ1) is 19.2. The number of piperazine rings is 1. The largest absolute Gasteiger partial charge is 0.368 e. The summed E-state index contributed by atoms with van der Waals surface area (Å²) < 4.78 is 13.9. The summed E-state index contributed by atoms with van der Waals surface area (Å²) in [6, 6.07) is 15.0. The Bertz CT molecular complexity index is 751. The molecule has 0 saturated carbocycles. The highest BCUT2D eigenvalue weighted by atomic mass is 79.9. The molecule has 1 saturated heterocycles. The third kappa shape index (κ3) is 4.80. The van der Waals surface area contributed by atoms with Gasteiger partial charge in [-0.25, -0.2) is 4.39 Å². The van der Waals surface area contributed by atoms with Crippen LogP contribution in [0.3, 0.4) is 0 Å². The van der Waals surface area contributed by atoms with Crippen LogP contribution in [0.5, 0.6) is 0 Å². The van der Waals surface area contributed by atoms with Gasteiger partial charge in [0.2, 0.25) is 5.91 Å². The molecule has 138 valence electrons. The highest BCUT2D eigenvalue weighted by molar-refractivity contribution is 9.10. The normalized spacial score (nSPS) is 15.8. The first-order chi connectivity index (χ1) is 12.5. The van der Waals surface area contributed by atoms with Crippen molar-refractivity contribution in [2.24, 2.45) is 0 Å². The van der Waals surface area contributed by atoms with Crippen molar-refractivity contribution in [2.45, 2.75) is 17.9 Å². The minimum absolute atomic E-state index is 0.116. The summed E-state index contributed by atoms with van der Waals surface area (Å²) in [5.41, 5.74) is 2.22. The van der Waals surface area contributed by atoms with E-state index in [0.717, 1.165) is 36.2 Å². The van der Waals surface area contributed by atoms with E-state index in [4.69, 9.17) is 0 Å². The first-order valence-electron chi connectivity index (χ1n) is 8.69. The number of carbonyl (C=O) groups is 1. The predicted molar refractivity (Wildman–Crippen MR) is 110 cm³/mol. The number of anilines is 1. The number of hydrogen-bond acceptors (Lipinski definition) is 3. The average molecular weight is 437 g/mol. The fourth-order valence-corrected chi connectivity index (χ4v) is 4.66. The summed E-state index contributed by atoms with van der Waals surface area (Å²) in [6.07, 6.45) is 0. The summed E-state index contributed by atoms with van der Waals surface area (Å²) in [4.78, 5) is 17.0. The van der Waals surface area contributed by atoms with Gasteiger partial charge in [-0.15, -0.1) is 11.8 Å². The number of amides is 1. The van der Waals surface area contributed by atoms with Crippen LogP contribution in [0.25, 0.3) is 0 Å². The van der Waals surface area contributed by atoms with Crippen molar-refractivity contribution in [3.8, 4) is 0 Å². The molecule has 1 aliphatic rings. The Kier molecular flexibility index (Phi) is 6.59. The SMILES string of the molecule is CC(SCc1ccc(F)cc1Br)C(=O)N1CCN(c2ccccc2)CC1. The molecule has 1 heterocycles. The number of thioether (sulfide) groups is 1. The van der Waals surface area contributed by atoms with Gasteiger partial charge in [-0.1, -0.05) is 40.2 Å². The van der Waals surface area contributed by atoms with Crippen LogP contribution in [-0.2, 0) is 10.5 Å². The van der Waals surface area contributed by atoms with E-state index in [0.29, 0.717) is 5.75 Å². The Labute approximate surface area is 166 Å². The topological polar surface area (TPSA) is 23.6 Å². The lowest BCUT2D eigenvalue weighted by Crippen LogP contribution is -2.50. The van der Waals surface area contributed by atoms with Gasteiger partial charge < -0.3 is 9.80 Å². The maximum atomic E-state index is 13.2. The smallest absolute Gasteiger partial charge is 0.235 e. The number of benzene rings is 2. The molecule has 3 nitrogen and oxygen atoms in total. The van der Waals surface area contributed by atoms with Crippen LogP contribution in [0.4, 0.5) is 10.1 Å². The molecule has 0 radical (unpaired) electrons. The molecule has 0 spiro atoms. The Morgan fingerprint density at radius 2 is 1.85 bits per heavy atom. The number of halogens is 2. The summed E-state index contributed by atoms with van der Waals surface area (Å²) in [6.45, 7) is 5.17. The van der Waals surface area contributed by atoms with Crippen LogP contribution < -0.4 is 4.90 Å². The van der Waals surface area contributed by atoms with Crippen molar-refractivity contribution >= 4 is 39.3 Å². The second-order valence-electron chi connectivity index (χ2n) is 6.34. The van der Waals surface area contributed by atoms with Crippen molar-refractivity contribution < 1.29 is 9.18 Å². The van der Waals surface area contributed by atoms with Gasteiger partial charge in [-0.3, -0.25) is 4.79 Å². The molecule has 0 N–H and O–H groups in total. The molecular formula is C20H22BrFN2OS. The van der Waals surface area contributed by atoms with E-state index in [-0.39, 0.29) is 17.0 Å². The van der Waals surface area contributed by atoms with Crippen LogP contribution >= 0.6 is 27.7 Å². The number of rotatable bonds is 5. The summed E-state index contributed by atoms with van der Waals surface area (Å²) in [5.74, 6) is 0.601. The average Bonchev–Trinajstić information content (AvgIpc) is 2.67. The molecular weight excluding hydrogens is 415 g/mol. The van der Waals surface area contributed by atoms with Gasteiger partial charge >= 0.3 is 0 Å². The molecule has 2 aromatic rings. The van der Waals surface area contributed by atoms with Crippen LogP contribution in [-0.4, -0.2) is 42.2 Å². The lowest BCUT2D eigenvalue weighted by molar-refractivity contribution is -0.130. The molecule has 1 atom stereocenters. The van der Waals surface area contributed by atoms with E-state index in [9.17, 15) is 9.18 Å². The standard InChI is InChI=1S/C20H22BrFN2OS/c1-15(26-14-16-7-8-17(22)13-19(16)21)20(25)24-11-9-23(10-12-24)18-5-3-2-4-6-18/h2-8,13,15H,9-12,14H2,1H3. The van der Waals surface area contributed by atoms with Crippen molar-refractivity contribution in [3.05, 3.63) is 64.4 Å². The van der Waals surface area contributed by atoms with Gasteiger partial charge in [0.25, 0.3) is 0 Å². The van der Waals surface area contributed by atoms with Gasteiger partial charge in [-0.2, -0.15) is 0 Å². The lowest BCUT2D eigenvalue weighted by atomic mass is 10.2. The van der Waals surface area contributed by atoms with Gasteiger partial charge in [0.1, 0.15) is 5.82 Å². The maximum Gasteiger partial charge on any atom is 0.235 e. The Morgan fingerprint density at radius 1 is 1.15 bits per heavy atom. The lowest BCUT2D eigenvalue weighted by Gasteiger charge is -2.37. The first-order valence-corrected chi connectivity index (χ1v) is 10.5. The molecule has 0 aromatic heterocycles.